The number of imidazole rings is 1. The lowest BCUT2D eigenvalue weighted by Crippen LogP contribution is -2.20. The molecule has 2 aliphatic rings. The van der Waals surface area contributed by atoms with E-state index in [1.165, 1.54) is 12.8 Å². The van der Waals surface area contributed by atoms with Crippen molar-refractivity contribution in [3.63, 3.8) is 0 Å². The van der Waals surface area contributed by atoms with E-state index in [1.54, 1.807) is 0 Å². The van der Waals surface area contributed by atoms with Crippen molar-refractivity contribution >= 4 is 42.2 Å². The largest absolute Gasteiger partial charge is 0.365 e. The van der Waals surface area contributed by atoms with Crippen molar-refractivity contribution in [2.24, 2.45) is 5.92 Å². The molecule has 3 aromatic heterocycles. The molecule has 10 heteroatoms. The summed E-state index contributed by atoms with van der Waals surface area (Å²) in [6.45, 7) is 9.29. The Morgan fingerprint density at radius 2 is 1.85 bits per heavy atom. The van der Waals surface area contributed by atoms with Gasteiger partial charge in [0.05, 0.1) is 6.33 Å². The molecule has 3 aromatic rings. The minimum Gasteiger partial charge on any atom is -0.365 e. The smallest absolute Gasteiger partial charge is 0.232 e. The van der Waals surface area contributed by atoms with Crippen LogP contribution in [0.4, 0.5) is 17.6 Å². The predicted octanol–water partition coefficient (Wildman–Crippen LogP) is 5.95. The van der Waals surface area contributed by atoms with Crippen LogP contribution in [-0.4, -0.2) is 41.9 Å². The summed E-state index contributed by atoms with van der Waals surface area (Å²) in [5.74, 6) is 2.73. The number of nitrogens with one attached hydrogen (secondary N) is 2. The minimum absolute atomic E-state index is 0. The summed E-state index contributed by atoms with van der Waals surface area (Å²) < 4.78 is 10.1. The van der Waals surface area contributed by atoms with Gasteiger partial charge in [-0.2, -0.15) is 28.6 Å². The zero-order valence-corrected chi connectivity index (χ0v) is 20.3. The molecule has 0 bridgehead atoms. The quantitative estimate of drug-likeness (QED) is 0.422. The Labute approximate surface area is 210 Å². The van der Waals surface area contributed by atoms with Crippen molar-refractivity contribution in [3.8, 4) is 0 Å². The minimum atomic E-state index is -0.0300. The molecular formula is C24H42N8OS. The first kappa shape index (κ1) is 27.9. The summed E-state index contributed by atoms with van der Waals surface area (Å²) in [5, 5.41) is 11.6. The van der Waals surface area contributed by atoms with Crippen LogP contribution < -0.4 is 10.6 Å². The normalized spacial score (nSPS) is 18.6. The summed E-state index contributed by atoms with van der Waals surface area (Å²) in [6, 6.07) is 2.67. The van der Waals surface area contributed by atoms with Gasteiger partial charge in [0.25, 0.3) is 0 Å². The second kappa shape index (κ2) is 11.4. The predicted molar refractivity (Wildman–Crippen MR) is 144 cm³/mol. The van der Waals surface area contributed by atoms with Gasteiger partial charge in [0.2, 0.25) is 5.95 Å². The van der Waals surface area contributed by atoms with Crippen molar-refractivity contribution in [1.29, 1.82) is 0 Å². The fourth-order valence-corrected chi connectivity index (χ4v) is 4.34. The number of hydrogen-bond acceptors (Lipinski definition) is 7. The lowest BCUT2D eigenvalue weighted by atomic mass is 10.2. The van der Waals surface area contributed by atoms with E-state index in [4.69, 9.17) is 14.7 Å². The van der Waals surface area contributed by atoms with Crippen molar-refractivity contribution in [2.45, 2.75) is 93.0 Å². The lowest BCUT2D eigenvalue weighted by Gasteiger charge is -2.24. The van der Waals surface area contributed by atoms with Crippen LogP contribution in [0.3, 0.4) is 0 Å². The maximum atomic E-state index is 6.01. The van der Waals surface area contributed by atoms with Gasteiger partial charge in [-0.3, -0.25) is 9.25 Å². The highest BCUT2D eigenvalue weighted by atomic mass is 32.1. The van der Waals surface area contributed by atoms with Crippen LogP contribution in [0.1, 0.15) is 85.7 Å². The molecule has 1 aliphatic heterocycles. The van der Waals surface area contributed by atoms with Crippen LogP contribution in [0.5, 0.6) is 0 Å². The van der Waals surface area contributed by atoms with Crippen molar-refractivity contribution < 1.29 is 4.74 Å². The molecule has 1 saturated heterocycles. The van der Waals surface area contributed by atoms with Gasteiger partial charge in [-0.15, -0.1) is 0 Å². The number of ether oxygens (including phenoxy) is 1. The average Bonchev–Trinajstić information content (AvgIpc) is 3.42. The zero-order chi connectivity index (χ0) is 21.5. The highest BCUT2D eigenvalue weighted by molar-refractivity contribution is 7.59. The molecule has 2 N–H and O–H groups in total. The Morgan fingerprint density at radius 3 is 2.47 bits per heavy atom. The van der Waals surface area contributed by atoms with Crippen molar-refractivity contribution in [2.75, 3.05) is 17.2 Å². The van der Waals surface area contributed by atoms with E-state index < -0.39 is 0 Å². The first-order valence-corrected chi connectivity index (χ1v) is 11.5. The fourth-order valence-electron chi connectivity index (χ4n) is 4.34. The number of fused-ring (bicyclic) bond motifs is 1. The number of nitrogens with zero attached hydrogens (tertiary/aromatic N) is 6. The van der Waals surface area contributed by atoms with Gasteiger partial charge >= 0.3 is 0 Å². The summed E-state index contributed by atoms with van der Waals surface area (Å²) in [6.07, 6.45) is 7.57. The summed E-state index contributed by atoms with van der Waals surface area (Å²) >= 11 is 0. The Hall–Kier alpha value is -2.33. The van der Waals surface area contributed by atoms with E-state index >= 15 is 0 Å². The highest BCUT2D eigenvalue weighted by Gasteiger charge is 2.29. The van der Waals surface area contributed by atoms with E-state index in [0.29, 0.717) is 23.9 Å². The highest BCUT2D eigenvalue weighted by Crippen LogP contribution is 2.35. The molecule has 0 radical (unpaired) electrons. The molecule has 190 valence electrons. The van der Waals surface area contributed by atoms with E-state index in [0.717, 1.165) is 54.4 Å². The lowest BCUT2D eigenvalue weighted by molar-refractivity contribution is -0.0298. The molecule has 9 nitrogen and oxygen atoms in total. The summed E-state index contributed by atoms with van der Waals surface area (Å²) in [5.41, 5.74) is 2.67. The van der Waals surface area contributed by atoms with E-state index in [9.17, 15) is 0 Å². The standard InChI is InChI=1S/C22H32N8O.2CH4.H2S/c1-13(2)30-14(3)11-17(28-30)25-22-26-20(24-15(4)16-8-9-16)19-21(27-22)29(12-23-19)18-7-5-6-10-31-18;;;/h11-13,15-16,18H,5-10H2,1-4H3,(H2,24,25,26,27,28);2*1H4;1H2/t15-,18?;;;/m0.../s1. The zero-order valence-electron chi connectivity index (χ0n) is 19.3. The molecule has 0 spiro atoms. The SMILES string of the molecule is C.C.Cc1cc(Nc2nc(N[C@@H](C)C3CC3)c3ncn(C4CCCCO4)c3n2)nn1C(C)C.S. The van der Waals surface area contributed by atoms with Gasteiger partial charge in [-0.25, -0.2) is 4.98 Å². The van der Waals surface area contributed by atoms with Gasteiger partial charge < -0.3 is 15.4 Å². The Kier molecular flexibility index (Phi) is 9.36. The Morgan fingerprint density at radius 1 is 1.09 bits per heavy atom. The third-order valence-electron chi connectivity index (χ3n) is 6.23. The number of aromatic nitrogens is 6. The van der Waals surface area contributed by atoms with E-state index in [-0.39, 0.29) is 34.6 Å². The maximum Gasteiger partial charge on any atom is 0.232 e. The van der Waals surface area contributed by atoms with Gasteiger partial charge in [0.1, 0.15) is 6.23 Å². The van der Waals surface area contributed by atoms with Gasteiger partial charge in [0.15, 0.2) is 22.8 Å². The Balaban J connectivity index is 0.00000136. The van der Waals surface area contributed by atoms with E-state index in [1.807, 2.05) is 21.6 Å². The van der Waals surface area contributed by atoms with Crippen molar-refractivity contribution in [3.05, 3.63) is 18.1 Å². The number of anilines is 3. The first-order chi connectivity index (χ1) is 15.0. The second-order valence-electron chi connectivity index (χ2n) is 9.15. The van der Waals surface area contributed by atoms with Crippen LogP contribution >= 0.6 is 13.5 Å². The molecule has 2 atom stereocenters. The van der Waals surface area contributed by atoms with Crippen LogP contribution in [0.15, 0.2) is 12.4 Å². The van der Waals surface area contributed by atoms with Crippen LogP contribution in [0.2, 0.25) is 0 Å². The monoisotopic (exact) mass is 490 g/mol. The second-order valence-corrected chi connectivity index (χ2v) is 9.15. The molecule has 1 saturated carbocycles. The first-order valence-electron chi connectivity index (χ1n) is 11.5. The molecule has 34 heavy (non-hydrogen) atoms. The third kappa shape index (κ3) is 5.66. The van der Waals surface area contributed by atoms with Crippen LogP contribution in [0, 0.1) is 12.8 Å². The van der Waals surface area contributed by atoms with Crippen LogP contribution in [0.25, 0.3) is 11.2 Å². The molecule has 0 aromatic carbocycles. The maximum absolute atomic E-state index is 6.01. The Bertz CT molecular complexity index is 1070. The number of rotatable bonds is 7. The van der Waals surface area contributed by atoms with Crippen LogP contribution in [-0.2, 0) is 4.74 Å². The van der Waals surface area contributed by atoms with Gasteiger partial charge in [-0.1, -0.05) is 14.9 Å². The molecule has 2 fully saturated rings. The van der Waals surface area contributed by atoms with Gasteiger partial charge in [-0.05, 0) is 65.7 Å². The topological polar surface area (TPSA) is 94.7 Å². The third-order valence-corrected chi connectivity index (χ3v) is 6.23. The summed E-state index contributed by atoms with van der Waals surface area (Å²) in [7, 11) is 0. The fraction of sp³-hybridized carbons (Fsp3) is 0.667. The van der Waals surface area contributed by atoms with E-state index in [2.05, 4.69) is 48.4 Å². The average molecular weight is 491 g/mol. The van der Waals surface area contributed by atoms with Gasteiger partial charge in [0, 0.05) is 30.5 Å². The molecule has 1 unspecified atom stereocenters. The molecule has 4 heterocycles. The van der Waals surface area contributed by atoms with Crippen molar-refractivity contribution in [1.82, 2.24) is 29.3 Å². The molecule has 5 rings (SSSR count). The number of hydrogen-bond donors (Lipinski definition) is 2. The molecule has 0 amide bonds. The summed E-state index contributed by atoms with van der Waals surface area (Å²) in [4.78, 5) is 14.3. The molecule has 1 aliphatic carbocycles. The molecular weight excluding hydrogens is 448 g/mol. The number of aryl methyl sites for hydroxylation is 1.